The topological polar surface area (TPSA) is 46.3 Å². The number of alkyl halides is 3. The van der Waals surface area contributed by atoms with Gasteiger partial charge in [-0.15, -0.1) is 12.4 Å². The zero-order valence-corrected chi connectivity index (χ0v) is 12.8. The molecule has 1 rings (SSSR count). The van der Waals surface area contributed by atoms with Gasteiger partial charge in [0.05, 0.1) is 6.04 Å². The molecular weight excluding hydrogens is 305 g/mol. The van der Waals surface area contributed by atoms with Crippen LogP contribution in [0, 0.1) is 6.92 Å². The molecular formula is C14H20ClF3N2O. The van der Waals surface area contributed by atoms with E-state index in [1.54, 1.807) is 0 Å². The van der Waals surface area contributed by atoms with Crippen molar-refractivity contribution in [3.05, 3.63) is 35.4 Å². The van der Waals surface area contributed by atoms with Crippen molar-refractivity contribution in [2.45, 2.75) is 32.5 Å². The number of nitrogens with zero attached hydrogens (tertiary/aromatic N) is 1. The van der Waals surface area contributed by atoms with Gasteiger partial charge in [-0.1, -0.05) is 29.8 Å². The summed E-state index contributed by atoms with van der Waals surface area (Å²) in [7, 11) is 0. The van der Waals surface area contributed by atoms with Crippen LogP contribution in [0.4, 0.5) is 13.2 Å². The third kappa shape index (κ3) is 7.34. The molecule has 0 bridgehead atoms. The SMILES string of the molecule is Cc1ccc(CCN(CC(F)(F)F)C(=O)[C@H](C)N)cc1.Cl. The van der Waals surface area contributed by atoms with E-state index in [4.69, 9.17) is 5.73 Å². The van der Waals surface area contributed by atoms with Crippen molar-refractivity contribution in [1.29, 1.82) is 0 Å². The fourth-order valence-electron chi connectivity index (χ4n) is 1.79. The second-order valence-corrected chi connectivity index (χ2v) is 4.90. The van der Waals surface area contributed by atoms with Crippen molar-refractivity contribution >= 4 is 18.3 Å². The summed E-state index contributed by atoms with van der Waals surface area (Å²) >= 11 is 0. The van der Waals surface area contributed by atoms with Gasteiger partial charge in [0.15, 0.2) is 0 Å². The van der Waals surface area contributed by atoms with Gasteiger partial charge < -0.3 is 10.6 Å². The van der Waals surface area contributed by atoms with Crippen LogP contribution >= 0.6 is 12.4 Å². The molecule has 0 saturated heterocycles. The number of aryl methyl sites for hydroxylation is 1. The molecule has 1 amide bonds. The Morgan fingerprint density at radius 1 is 1.29 bits per heavy atom. The molecule has 0 aliphatic carbocycles. The van der Waals surface area contributed by atoms with Crippen LogP contribution in [0.15, 0.2) is 24.3 Å². The van der Waals surface area contributed by atoms with Crippen LogP contribution in [0.3, 0.4) is 0 Å². The smallest absolute Gasteiger partial charge is 0.332 e. The van der Waals surface area contributed by atoms with Crippen LogP contribution in [0.1, 0.15) is 18.1 Å². The van der Waals surface area contributed by atoms with Crippen molar-refractivity contribution < 1.29 is 18.0 Å². The number of benzene rings is 1. The molecule has 21 heavy (non-hydrogen) atoms. The van der Waals surface area contributed by atoms with E-state index >= 15 is 0 Å². The molecule has 0 fully saturated rings. The van der Waals surface area contributed by atoms with Crippen LogP contribution in [0.25, 0.3) is 0 Å². The average Bonchev–Trinajstić information content (AvgIpc) is 2.34. The Morgan fingerprint density at radius 2 is 1.81 bits per heavy atom. The number of nitrogens with two attached hydrogens (primary N) is 1. The minimum atomic E-state index is -4.42. The van der Waals surface area contributed by atoms with E-state index < -0.39 is 24.7 Å². The number of halogens is 4. The van der Waals surface area contributed by atoms with E-state index in [1.807, 2.05) is 31.2 Å². The number of hydrogen-bond acceptors (Lipinski definition) is 2. The summed E-state index contributed by atoms with van der Waals surface area (Å²) in [6.45, 7) is 2.05. The first-order chi connectivity index (χ1) is 9.19. The molecule has 120 valence electrons. The summed E-state index contributed by atoms with van der Waals surface area (Å²) in [5, 5.41) is 0. The van der Waals surface area contributed by atoms with E-state index in [0.29, 0.717) is 6.42 Å². The third-order valence-electron chi connectivity index (χ3n) is 2.86. The molecule has 3 nitrogen and oxygen atoms in total. The summed E-state index contributed by atoms with van der Waals surface area (Å²) in [6, 6.07) is 6.53. The monoisotopic (exact) mass is 324 g/mol. The number of rotatable bonds is 5. The van der Waals surface area contributed by atoms with Crippen molar-refractivity contribution in [1.82, 2.24) is 4.90 Å². The molecule has 0 saturated carbocycles. The lowest BCUT2D eigenvalue weighted by Crippen LogP contribution is -2.47. The highest BCUT2D eigenvalue weighted by atomic mass is 35.5. The molecule has 0 spiro atoms. The lowest BCUT2D eigenvalue weighted by atomic mass is 10.1. The van der Waals surface area contributed by atoms with Crippen molar-refractivity contribution in [2.75, 3.05) is 13.1 Å². The second-order valence-electron chi connectivity index (χ2n) is 4.90. The standard InChI is InChI=1S/C14H19F3N2O.ClH/c1-10-3-5-12(6-4-10)7-8-19(9-14(15,16)17)13(20)11(2)18;/h3-6,11H,7-9,18H2,1-2H3;1H/t11-;/m0./s1. The van der Waals surface area contributed by atoms with Crippen LogP contribution in [0.2, 0.25) is 0 Å². The van der Waals surface area contributed by atoms with Crippen LogP contribution < -0.4 is 5.73 Å². The van der Waals surface area contributed by atoms with Crippen molar-refractivity contribution in [3.63, 3.8) is 0 Å². The molecule has 0 radical (unpaired) electrons. The van der Waals surface area contributed by atoms with Gasteiger partial charge in [0.2, 0.25) is 5.91 Å². The summed E-state index contributed by atoms with van der Waals surface area (Å²) in [6.07, 6.45) is -4.05. The summed E-state index contributed by atoms with van der Waals surface area (Å²) < 4.78 is 37.4. The van der Waals surface area contributed by atoms with Crippen molar-refractivity contribution in [2.24, 2.45) is 5.73 Å². The minimum absolute atomic E-state index is 0. The van der Waals surface area contributed by atoms with E-state index in [1.165, 1.54) is 6.92 Å². The normalized spacial score (nSPS) is 12.5. The zero-order chi connectivity index (χ0) is 15.3. The highest BCUT2D eigenvalue weighted by Gasteiger charge is 2.33. The van der Waals surface area contributed by atoms with Gasteiger partial charge in [-0.05, 0) is 25.8 Å². The van der Waals surface area contributed by atoms with Gasteiger partial charge in [-0.3, -0.25) is 4.79 Å². The Bertz CT molecular complexity index is 447. The summed E-state index contributed by atoms with van der Waals surface area (Å²) in [5.74, 6) is -0.686. The third-order valence-corrected chi connectivity index (χ3v) is 2.86. The summed E-state index contributed by atoms with van der Waals surface area (Å²) in [4.78, 5) is 12.5. The number of hydrogen-bond donors (Lipinski definition) is 1. The molecule has 0 aliphatic rings. The first-order valence-corrected chi connectivity index (χ1v) is 6.35. The van der Waals surface area contributed by atoms with Crippen LogP contribution in [0.5, 0.6) is 0 Å². The van der Waals surface area contributed by atoms with Crippen molar-refractivity contribution in [3.8, 4) is 0 Å². The van der Waals surface area contributed by atoms with Gasteiger partial charge in [0.1, 0.15) is 6.54 Å². The predicted molar refractivity (Wildman–Crippen MR) is 78.4 cm³/mol. The zero-order valence-electron chi connectivity index (χ0n) is 12.0. The van der Waals surface area contributed by atoms with Gasteiger partial charge in [0, 0.05) is 6.54 Å². The molecule has 0 aromatic heterocycles. The minimum Gasteiger partial charge on any atom is -0.332 e. The van der Waals surface area contributed by atoms with Gasteiger partial charge in [-0.25, -0.2) is 0 Å². The van der Waals surface area contributed by atoms with Crippen LogP contribution in [-0.2, 0) is 11.2 Å². The largest absolute Gasteiger partial charge is 0.406 e. The van der Waals surface area contributed by atoms with E-state index in [-0.39, 0.29) is 19.0 Å². The molecule has 0 unspecified atom stereocenters. The molecule has 0 heterocycles. The Kier molecular flexibility index (Phi) is 7.74. The van der Waals surface area contributed by atoms with E-state index in [9.17, 15) is 18.0 Å². The number of carbonyl (C=O) groups excluding carboxylic acids is 1. The summed E-state index contributed by atoms with van der Waals surface area (Å²) in [5.41, 5.74) is 7.35. The predicted octanol–water partition coefficient (Wildman–Crippen LogP) is 2.70. The molecule has 1 aromatic rings. The first-order valence-electron chi connectivity index (χ1n) is 6.35. The molecule has 2 N–H and O–H groups in total. The molecule has 1 atom stereocenters. The maximum atomic E-state index is 12.5. The Morgan fingerprint density at radius 3 is 2.24 bits per heavy atom. The molecule has 7 heteroatoms. The quantitative estimate of drug-likeness (QED) is 0.905. The molecule has 0 aliphatic heterocycles. The van der Waals surface area contributed by atoms with E-state index in [2.05, 4.69) is 0 Å². The number of amides is 1. The highest BCUT2D eigenvalue weighted by molar-refractivity contribution is 5.85. The highest BCUT2D eigenvalue weighted by Crippen LogP contribution is 2.17. The lowest BCUT2D eigenvalue weighted by molar-refractivity contribution is -0.161. The average molecular weight is 325 g/mol. The fraction of sp³-hybridized carbons (Fsp3) is 0.500. The van der Waals surface area contributed by atoms with E-state index in [0.717, 1.165) is 16.0 Å². The Labute approximate surface area is 128 Å². The van der Waals surface area contributed by atoms with Crippen LogP contribution in [-0.4, -0.2) is 36.1 Å². The van der Waals surface area contributed by atoms with Gasteiger partial charge in [-0.2, -0.15) is 13.2 Å². The second kappa shape index (κ2) is 8.24. The maximum absolute atomic E-state index is 12.5. The number of carbonyl (C=O) groups is 1. The lowest BCUT2D eigenvalue weighted by Gasteiger charge is -2.25. The maximum Gasteiger partial charge on any atom is 0.406 e. The Balaban J connectivity index is 0.00000400. The Hall–Kier alpha value is -1.27. The molecule has 1 aromatic carbocycles. The fourth-order valence-corrected chi connectivity index (χ4v) is 1.79. The van der Waals surface area contributed by atoms with Gasteiger partial charge in [0.25, 0.3) is 0 Å². The first kappa shape index (κ1) is 19.7. The van der Waals surface area contributed by atoms with Gasteiger partial charge >= 0.3 is 6.18 Å².